The highest BCUT2D eigenvalue weighted by Crippen LogP contribution is 2.40. The van der Waals surface area contributed by atoms with Gasteiger partial charge in [0, 0.05) is 5.92 Å². The topological polar surface area (TPSA) is 0 Å². The van der Waals surface area contributed by atoms with Crippen molar-refractivity contribution >= 4 is 21.5 Å². The molecule has 0 heteroatoms. The summed E-state index contributed by atoms with van der Waals surface area (Å²) in [5.41, 5.74) is 5.43. The summed E-state index contributed by atoms with van der Waals surface area (Å²) in [4.78, 5) is 0. The first-order valence-electron chi connectivity index (χ1n) is 9.84. The Labute approximate surface area is 166 Å². The van der Waals surface area contributed by atoms with Crippen LogP contribution < -0.4 is 0 Å². The normalized spacial score (nSPS) is 11.4. The third kappa shape index (κ3) is 2.78. The van der Waals surface area contributed by atoms with Crippen molar-refractivity contribution in [1.29, 1.82) is 0 Å². The van der Waals surface area contributed by atoms with Crippen LogP contribution in [0.3, 0.4) is 0 Å². The fourth-order valence-electron chi connectivity index (χ4n) is 4.42. The van der Waals surface area contributed by atoms with Crippen molar-refractivity contribution < 1.29 is 0 Å². The Hall–Kier alpha value is -3.38. The number of aryl methyl sites for hydroxylation is 1. The minimum Gasteiger partial charge on any atom is -0.0620 e. The molecule has 0 saturated carbocycles. The fourth-order valence-corrected chi connectivity index (χ4v) is 4.42. The molecule has 0 atom stereocenters. The number of hydrogen-bond acceptors (Lipinski definition) is 0. The van der Waals surface area contributed by atoms with Crippen LogP contribution in [0.5, 0.6) is 0 Å². The van der Waals surface area contributed by atoms with E-state index >= 15 is 0 Å². The van der Waals surface area contributed by atoms with Crippen molar-refractivity contribution in [1.82, 2.24) is 0 Å². The van der Waals surface area contributed by atoms with Gasteiger partial charge in [0.05, 0.1) is 0 Å². The summed E-state index contributed by atoms with van der Waals surface area (Å²) in [6, 6.07) is 39.6. The molecule has 0 bridgehead atoms. The summed E-state index contributed by atoms with van der Waals surface area (Å²) in [6.07, 6.45) is 0. The molecule has 134 valence electrons. The molecule has 0 nitrogen and oxygen atoms in total. The Morgan fingerprint density at radius 1 is 0.429 bits per heavy atom. The average Bonchev–Trinajstić information content (AvgIpc) is 2.75. The van der Waals surface area contributed by atoms with Gasteiger partial charge in [-0.05, 0) is 50.7 Å². The third-order valence-electron chi connectivity index (χ3n) is 5.77. The van der Waals surface area contributed by atoms with Crippen LogP contribution in [0.25, 0.3) is 21.5 Å². The Morgan fingerprint density at radius 3 is 1.43 bits per heavy atom. The van der Waals surface area contributed by atoms with Crippen molar-refractivity contribution in [3.8, 4) is 0 Å². The van der Waals surface area contributed by atoms with Gasteiger partial charge < -0.3 is 0 Å². The van der Waals surface area contributed by atoms with E-state index in [1.54, 1.807) is 0 Å². The molecule has 0 saturated heterocycles. The summed E-state index contributed by atoms with van der Waals surface area (Å²) < 4.78 is 0. The zero-order valence-electron chi connectivity index (χ0n) is 16.0. The van der Waals surface area contributed by atoms with Crippen LogP contribution in [-0.2, 0) is 0 Å². The van der Waals surface area contributed by atoms with Gasteiger partial charge in [0.2, 0.25) is 0 Å². The maximum absolute atomic E-state index is 2.29. The zero-order valence-corrected chi connectivity index (χ0v) is 16.0. The van der Waals surface area contributed by atoms with Crippen LogP contribution in [-0.4, -0.2) is 0 Å². The van der Waals surface area contributed by atoms with Gasteiger partial charge in [0.15, 0.2) is 0 Å². The molecule has 0 heterocycles. The summed E-state index contributed by atoms with van der Waals surface area (Å²) in [7, 11) is 0. The summed E-state index contributed by atoms with van der Waals surface area (Å²) >= 11 is 0. The molecule has 0 aliphatic carbocycles. The molecule has 0 aliphatic rings. The van der Waals surface area contributed by atoms with Gasteiger partial charge in [0.1, 0.15) is 0 Å². The van der Waals surface area contributed by atoms with Crippen LogP contribution in [0.15, 0.2) is 109 Å². The number of benzene rings is 5. The quantitative estimate of drug-likeness (QED) is 0.293. The van der Waals surface area contributed by atoms with E-state index in [1.807, 2.05) is 0 Å². The highest BCUT2D eigenvalue weighted by atomic mass is 14.2. The van der Waals surface area contributed by atoms with Crippen molar-refractivity contribution in [3.63, 3.8) is 0 Å². The lowest BCUT2D eigenvalue weighted by molar-refractivity contribution is 0.985. The SMILES string of the molecule is Cc1ccccc1C(c1cccc2ccccc12)c1cccc2ccccc12. The Bertz CT molecular complexity index is 1190. The van der Waals surface area contributed by atoms with E-state index in [9.17, 15) is 0 Å². The van der Waals surface area contributed by atoms with Gasteiger partial charge in [-0.1, -0.05) is 109 Å². The van der Waals surface area contributed by atoms with Gasteiger partial charge in [-0.3, -0.25) is 0 Å². The first-order chi connectivity index (χ1) is 13.8. The van der Waals surface area contributed by atoms with Crippen LogP contribution in [0.4, 0.5) is 0 Å². The predicted molar refractivity (Wildman–Crippen MR) is 120 cm³/mol. The summed E-state index contributed by atoms with van der Waals surface area (Å²) in [6.45, 7) is 2.22. The second-order valence-electron chi connectivity index (χ2n) is 7.43. The molecule has 0 radical (unpaired) electrons. The molecule has 5 aromatic carbocycles. The third-order valence-corrected chi connectivity index (χ3v) is 5.77. The molecule has 5 rings (SSSR count). The average molecular weight is 358 g/mol. The fraction of sp³-hybridized carbons (Fsp3) is 0.0714. The van der Waals surface area contributed by atoms with Crippen LogP contribution in [0.2, 0.25) is 0 Å². The number of fused-ring (bicyclic) bond motifs is 2. The van der Waals surface area contributed by atoms with Crippen molar-refractivity contribution in [3.05, 3.63) is 131 Å². The maximum atomic E-state index is 2.29. The van der Waals surface area contributed by atoms with Crippen LogP contribution in [0, 0.1) is 6.92 Å². The van der Waals surface area contributed by atoms with E-state index < -0.39 is 0 Å². The lowest BCUT2D eigenvalue weighted by Crippen LogP contribution is -2.06. The maximum Gasteiger partial charge on any atom is 0.0354 e. The van der Waals surface area contributed by atoms with E-state index in [-0.39, 0.29) is 5.92 Å². The molecule has 0 unspecified atom stereocenters. The monoisotopic (exact) mass is 358 g/mol. The van der Waals surface area contributed by atoms with Gasteiger partial charge in [-0.2, -0.15) is 0 Å². The lowest BCUT2D eigenvalue weighted by Gasteiger charge is -2.24. The minimum absolute atomic E-state index is 0.193. The molecule has 0 N–H and O–H groups in total. The second kappa shape index (κ2) is 6.98. The summed E-state index contributed by atoms with van der Waals surface area (Å²) in [5, 5.41) is 5.23. The van der Waals surface area contributed by atoms with Crippen molar-refractivity contribution in [2.75, 3.05) is 0 Å². The van der Waals surface area contributed by atoms with Gasteiger partial charge in [0.25, 0.3) is 0 Å². The van der Waals surface area contributed by atoms with Crippen molar-refractivity contribution in [2.24, 2.45) is 0 Å². The molecule has 0 spiro atoms. The number of rotatable bonds is 3. The van der Waals surface area contributed by atoms with E-state index in [1.165, 1.54) is 43.8 Å². The highest BCUT2D eigenvalue weighted by molar-refractivity contribution is 5.91. The standard InChI is InChI=1S/C28H22/c1-20-10-2-5-15-23(20)28(26-18-8-13-21-11-3-6-16-24(21)26)27-19-9-14-22-12-4-7-17-25(22)27/h2-19,28H,1H3. The van der Waals surface area contributed by atoms with E-state index in [4.69, 9.17) is 0 Å². The molecule has 0 amide bonds. The smallest absolute Gasteiger partial charge is 0.0354 e. The first-order valence-corrected chi connectivity index (χ1v) is 9.84. The van der Waals surface area contributed by atoms with Crippen LogP contribution in [0.1, 0.15) is 28.2 Å². The molecule has 0 fully saturated rings. The Balaban J connectivity index is 1.88. The van der Waals surface area contributed by atoms with E-state index in [0.29, 0.717) is 0 Å². The molecular weight excluding hydrogens is 336 g/mol. The first kappa shape index (κ1) is 16.8. The van der Waals surface area contributed by atoms with Gasteiger partial charge >= 0.3 is 0 Å². The Kier molecular flexibility index (Phi) is 4.18. The van der Waals surface area contributed by atoms with E-state index in [0.717, 1.165) is 0 Å². The highest BCUT2D eigenvalue weighted by Gasteiger charge is 2.22. The molecule has 5 aromatic rings. The molecule has 0 aromatic heterocycles. The lowest BCUT2D eigenvalue weighted by atomic mass is 9.79. The minimum atomic E-state index is 0.193. The number of hydrogen-bond donors (Lipinski definition) is 0. The molecular formula is C28H22. The van der Waals surface area contributed by atoms with Gasteiger partial charge in [-0.25, -0.2) is 0 Å². The molecule has 0 aliphatic heterocycles. The van der Waals surface area contributed by atoms with Crippen LogP contribution >= 0.6 is 0 Å². The van der Waals surface area contributed by atoms with Crippen molar-refractivity contribution in [2.45, 2.75) is 12.8 Å². The molecule has 28 heavy (non-hydrogen) atoms. The zero-order chi connectivity index (χ0) is 18.9. The predicted octanol–water partition coefficient (Wildman–Crippen LogP) is 7.48. The van der Waals surface area contributed by atoms with Gasteiger partial charge in [-0.15, -0.1) is 0 Å². The van der Waals surface area contributed by atoms with E-state index in [2.05, 4.69) is 116 Å². The Morgan fingerprint density at radius 2 is 0.857 bits per heavy atom. The largest absolute Gasteiger partial charge is 0.0620 e. The second-order valence-corrected chi connectivity index (χ2v) is 7.43. The summed E-state index contributed by atoms with van der Waals surface area (Å²) in [5.74, 6) is 0.193.